The second-order valence-corrected chi connectivity index (χ2v) is 8.68. The Morgan fingerprint density at radius 1 is 1.25 bits per heavy atom. The first kappa shape index (κ1) is 17.8. The lowest BCUT2D eigenvalue weighted by Crippen LogP contribution is -2.44. The molecule has 0 radical (unpaired) electrons. The third-order valence-electron chi connectivity index (χ3n) is 2.50. The molecule has 1 unspecified atom stereocenters. The standard InChI is InChI=1S/C13H16Cl3NO2S/c1-4-20(10-8-6-5-7-9-10)17-11(18)19-12(2,3)13(14,15)16/h5-9H,4H2,1-3H3. The average molecular weight is 357 g/mol. The Kier molecular flexibility index (Phi) is 6.32. The molecule has 0 amide bonds. The Morgan fingerprint density at radius 3 is 2.25 bits per heavy atom. The molecule has 1 aromatic rings. The molecule has 1 rings (SSSR count). The Labute approximate surface area is 137 Å². The van der Waals surface area contributed by atoms with Crippen LogP contribution in [0.25, 0.3) is 0 Å². The van der Waals surface area contributed by atoms with Crippen molar-refractivity contribution in [2.75, 3.05) is 5.75 Å². The van der Waals surface area contributed by atoms with Crippen molar-refractivity contribution in [3.8, 4) is 0 Å². The molecule has 0 aliphatic heterocycles. The summed E-state index contributed by atoms with van der Waals surface area (Å²) in [6.45, 7) is 5.01. The van der Waals surface area contributed by atoms with Crippen molar-refractivity contribution in [2.45, 2.75) is 35.1 Å². The van der Waals surface area contributed by atoms with Crippen LogP contribution in [-0.4, -0.2) is 21.2 Å². The van der Waals surface area contributed by atoms with Gasteiger partial charge in [0.2, 0.25) is 9.88 Å². The fourth-order valence-electron chi connectivity index (χ4n) is 1.25. The van der Waals surface area contributed by atoms with E-state index in [1.807, 2.05) is 37.3 Å². The highest BCUT2D eigenvalue weighted by Crippen LogP contribution is 2.40. The van der Waals surface area contributed by atoms with E-state index < -0.39 is 26.6 Å². The molecule has 1 atom stereocenters. The summed E-state index contributed by atoms with van der Waals surface area (Å²) in [7, 11) is 0. The first-order chi connectivity index (χ1) is 9.17. The third-order valence-corrected chi connectivity index (χ3v) is 5.60. The number of ether oxygens (including phenoxy) is 1. The molecule has 0 aliphatic carbocycles. The molecule has 0 heterocycles. The first-order valence-electron chi connectivity index (χ1n) is 5.95. The van der Waals surface area contributed by atoms with Crippen molar-refractivity contribution >= 4 is 52.0 Å². The Bertz CT molecular complexity index is 460. The van der Waals surface area contributed by atoms with Crippen molar-refractivity contribution in [3.63, 3.8) is 0 Å². The highest BCUT2D eigenvalue weighted by Gasteiger charge is 2.38. The minimum Gasteiger partial charge on any atom is -0.587 e. The van der Waals surface area contributed by atoms with Crippen LogP contribution in [0.2, 0.25) is 0 Å². The quantitative estimate of drug-likeness (QED) is 0.359. The van der Waals surface area contributed by atoms with Crippen LogP contribution < -0.4 is 5.11 Å². The second-order valence-electron chi connectivity index (χ2n) is 4.43. The fourth-order valence-corrected chi connectivity index (χ4v) is 2.62. The molecule has 7 heteroatoms. The normalized spacial score (nSPS) is 15.0. The number of hydrogen-bond donors (Lipinski definition) is 0. The minimum absolute atomic E-state index is 0.565. The number of nitrogens with zero attached hydrogens (tertiary/aromatic N) is 1. The lowest BCUT2D eigenvalue weighted by atomic mass is 10.2. The molecule has 0 aliphatic rings. The van der Waals surface area contributed by atoms with Gasteiger partial charge in [0.15, 0.2) is 16.0 Å². The Hall–Kier alpha value is -0.290. The van der Waals surface area contributed by atoms with Gasteiger partial charge in [-0.05, 0) is 37.3 Å². The summed E-state index contributed by atoms with van der Waals surface area (Å²) in [6, 6.07) is 9.55. The summed E-state index contributed by atoms with van der Waals surface area (Å²) >= 11 is 16.7. The van der Waals surface area contributed by atoms with Crippen molar-refractivity contribution in [2.24, 2.45) is 4.40 Å². The summed E-state index contributed by atoms with van der Waals surface area (Å²) in [4.78, 5) is 0.971. The first-order valence-corrected chi connectivity index (χ1v) is 8.43. The van der Waals surface area contributed by atoms with Crippen LogP contribution in [0.4, 0.5) is 0 Å². The predicted molar refractivity (Wildman–Crippen MR) is 85.5 cm³/mol. The molecule has 0 bridgehead atoms. The third kappa shape index (κ3) is 4.92. The monoisotopic (exact) mass is 355 g/mol. The molecule has 0 spiro atoms. The van der Waals surface area contributed by atoms with Gasteiger partial charge in [0.25, 0.3) is 0 Å². The SMILES string of the molecule is CC[S+](/N=C(\[O-])OC(C)(C)C(Cl)(Cl)Cl)c1ccccc1. The van der Waals surface area contributed by atoms with Gasteiger partial charge in [-0.2, -0.15) is 0 Å². The van der Waals surface area contributed by atoms with Crippen molar-refractivity contribution in [1.29, 1.82) is 0 Å². The summed E-state index contributed by atoms with van der Waals surface area (Å²) in [5.74, 6) is 0.702. The maximum atomic E-state index is 11.9. The van der Waals surface area contributed by atoms with E-state index >= 15 is 0 Å². The highest BCUT2D eigenvalue weighted by molar-refractivity contribution is 7.95. The molecule has 0 saturated heterocycles. The molecule has 0 aromatic heterocycles. The fraction of sp³-hybridized carbons (Fsp3) is 0.462. The van der Waals surface area contributed by atoms with Crippen molar-refractivity contribution < 1.29 is 9.84 Å². The Morgan fingerprint density at radius 2 is 1.80 bits per heavy atom. The van der Waals surface area contributed by atoms with Crippen LogP contribution in [-0.2, 0) is 15.8 Å². The van der Waals surface area contributed by atoms with E-state index in [1.165, 1.54) is 13.8 Å². The van der Waals surface area contributed by atoms with Crippen LogP contribution in [0.3, 0.4) is 0 Å². The molecule has 0 N–H and O–H groups in total. The summed E-state index contributed by atoms with van der Waals surface area (Å²) < 4.78 is 7.50. The van der Waals surface area contributed by atoms with E-state index in [0.29, 0.717) is 5.75 Å². The molecular formula is C13H16Cl3NO2S. The van der Waals surface area contributed by atoms with Crippen LogP contribution in [0.1, 0.15) is 20.8 Å². The van der Waals surface area contributed by atoms with Crippen LogP contribution in [0, 0.1) is 0 Å². The molecule has 0 fully saturated rings. The summed E-state index contributed by atoms with van der Waals surface area (Å²) in [5, 5.41) is 11.9. The lowest BCUT2D eigenvalue weighted by Gasteiger charge is -2.38. The van der Waals surface area contributed by atoms with Gasteiger partial charge in [0, 0.05) is 0 Å². The summed E-state index contributed by atoms with van der Waals surface area (Å²) in [5.41, 5.74) is -1.25. The number of benzene rings is 1. The largest absolute Gasteiger partial charge is 0.587 e. The van der Waals surface area contributed by atoms with E-state index in [2.05, 4.69) is 4.40 Å². The number of alkyl halides is 3. The van der Waals surface area contributed by atoms with E-state index in [-0.39, 0.29) is 0 Å². The van der Waals surface area contributed by atoms with Gasteiger partial charge in [-0.3, -0.25) is 0 Å². The average Bonchev–Trinajstić information content (AvgIpc) is 2.35. The number of halogens is 3. The van der Waals surface area contributed by atoms with Gasteiger partial charge in [-0.15, -0.1) is 0 Å². The number of hydrogen-bond acceptors (Lipinski definition) is 3. The van der Waals surface area contributed by atoms with Gasteiger partial charge in [-0.25, -0.2) is 0 Å². The lowest BCUT2D eigenvalue weighted by molar-refractivity contribution is -0.260. The number of rotatable bonds is 4. The van der Waals surface area contributed by atoms with Gasteiger partial charge < -0.3 is 9.84 Å². The molecule has 112 valence electrons. The predicted octanol–water partition coefficient (Wildman–Crippen LogP) is 3.48. The van der Waals surface area contributed by atoms with E-state index in [0.717, 1.165) is 4.90 Å². The summed E-state index contributed by atoms with van der Waals surface area (Å²) in [6.07, 6.45) is -0.727. The highest BCUT2D eigenvalue weighted by atomic mass is 35.6. The topological polar surface area (TPSA) is 44.7 Å². The maximum Gasteiger partial charge on any atom is 0.205 e. The van der Waals surface area contributed by atoms with Crippen LogP contribution >= 0.6 is 34.8 Å². The molecule has 3 nitrogen and oxygen atoms in total. The van der Waals surface area contributed by atoms with Gasteiger partial charge in [-0.1, -0.05) is 53.0 Å². The zero-order valence-corrected chi connectivity index (χ0v) is 14.5. The molecule has 0 saturated carbocycles. The van der Waals surface area contributed by atoms with Crippen LogP contribution in [0.5, 0.6) is 0 Å². The second kappa shape index (κ2) is 7.12. The van der Waals surface area contributed by atoms with E-state index in [4.69, 9.17) is 39.5 Å². The van der Waals surface area contributed by atoms with Gasteiger partial charge in [0.05, 0.1) is 5.60 Å². The van der Waals surface area contributed by atoms with Gasteiger partial charge >= 0.3 is 0 Å². The zero-order chi connectivity index (χ0) is 15.4. The molecular weight excluding hydrogens is 341 g/mol. The van der Waals surface area contributed by atoms with Gasteiger partial charge in [0.1, 0.15) is 5.75 Å². The molecule has 20 heavy (non-hydrogen) atoms. The Balaban J connectivity index is 2.87. The maximum absolute atomic E-state index is 11.9. The molecule has 1 aromatic carbocycles. The zero-order valence-electron chi connectivity index (χ0n) is 11.4. The van der Waals surface area contributed by atoms with Crippen molar-refractivity contribution in [3.05, 3.63) is 30.3 Å². The van der Waals surface area contributed by atoms with Crippen molar-refractivity contribution in [1.82, 2.24) is 0 Å². The van der Waals surface area contributed by atoms with Crippen LogP contribution in [0.15, 0.2) is 39.6 Å². The smallest absolute Gasteiger partial charge is 0.205 e. The van der Waals surface area contributed by atoms with E-state index in [1.54, 1.807) is 0 Å². The van der Waals surface area contributed by atoms with E-state index in [9.17, 15) is 5.11 Å². The minimum atomic E-state index is -1.71.